The fourth-order valence-corrected chi connectivity index (χ4v) is 9.51. The van der Waals surface area contributed by atoms with Gasteiger partial charge in [0.25, 0.3) is 0 Å². The van der Waals surface area contributed by atoms with Crippen LogP contribution in [-0.2, 0) is 19.1 Å². The van der Waals surface area contributed by atoms with Crippen LogP contribution in [0.1, 0.15) is 18.4 Å². The first kappa shape index (κ1) is 26.9. The van der Waals surface area contributed by atoms with Gasteiger partial charge < -0.3 is 9.47 Å². The second-order valence-corrected chi connectivity index (χ2v) is 12.0. The molecule has 0 fully saturated rings. The van der Waals surface area contributed by atoms with Gasteiger partial charge in [0.05, 0.1) is 19.0 Å². The van der Waals surface area contributed by atoms with Gasteiger partial charge in [0.15, 0.2) is 0 Å². The number of hydrogen-bond acceptors (Lipinski definition) is 4. The van der Waals surface area contributed by atoms with Gasteiger partial charge in [-0.15, -0.1) is 0 Å². The predicted molar refractivity (Wildman–Crippen MR) is 157 cm³/mol. The smallest absolute Gasteiger partial charge is 0.336 e. The number of ether oxygens (including phenoxy) is 2. The second kappa shape index (κ2) is 12.4. The van der Waals surface area contributed by atoms with Gasteiger partial charge in [0, 0.05) is 11.5 Å². The lowest BCUT2D eigenvalue weighted by Gasteiger charge is -2.35. The van der Waals surface area contributed by atoms with E-state index in [1.807, 2.05) is 84.9 Å². The van der Waals surface area contributed by atoms with Crippen molar-refractivity contribution in [1.29, 1.82) is 0 Å². The van der Waals surface area contributed by atoms with E-state index >= 15 is 0 Å². The van der Waals surface area contributed by atoms with Gasteiger partial charge in [0.1, 0.15) is 0 Å². The molecule has 4 aromatic rings. The summed E-state index contributed by atoms with van der Waals surface area (Å²) in [6, 6.07) is 39.6. The average molecular weight is 523 g/mol. The topological polar surface area (TPSA) is 52.6 Å². The first-order chi connectivity index (χ1) is 18.6. The maximum Gasteiger partial charge on any atom is 0.336 e. The number of hydrogen-bond donors (Lipinski definition) is 0. The standard InChI is InChI=1S/C33H31O4P/c1-4-37-33(35)31(30(25(2)32(34)36-3)26-17-9-5-10-18-26)38(27-19-11-6-12-20-27,28-21-13-7-14-22-28)29-23-15-8-16-24-29/h5-24,30H,2,4H2,1,3H3/t30-/m0/s1. The summed E-state index contributed by atoms with van der Waals surface area (Å²) < 4.78 is 10.9. The van der Waals surface area contributed by atoms with Crippen molar-refractivity contribution in [3.8, 4) is 0 Å². The molecule has 0 aliphatic rings. The fraction of sp³-hybridized carbons (Fsp3) is 0.121. The van der Waals surface area contributed by atoms with Crippen molar-refractivity contribution >= 4 is 40.0 Å². The number of carbonyl (C=O) groups excluding carboxylic acids is 2. The quantitative estimate of drug-likeness (QED) is 0.172. The molecule has 0 aliphatic carbocycles. The molecule has 5 heteroatoms. The molecule has 0 aromatic heterocycles. The van der Waals surface area contributed by atoms with Crippen LogP contribution in [0, 0.1) is 0 Å². The van der Waals surface area contributed by atoms with Crippen LogP contribution in [0.5, 0.6) is 0 Å². The minimum absolute atomic E-state index is 0.175. The van der Waals surface area contributed by atoms with E-state index in [-0.39, 0.29) is 12.2 Å². The molecule has 0 saturated carbocycles. The molecule has 0 N–H and O–H groups in total. The Hall–Kier alpha value is -4.14. The van der Waals surface area contributed by atoms with Gasteiger partial charge >= 0.3 is 11.9 Å². The molecule has 0 unspecified atom stereocenters. The molecule has 0 bridgehead atoms. The molecule has 0 spiro atoms. The highest BCUT2D eigenvalue weighted by Gasteiger charge is 2.40. The van der Waals surface area contributed by atoms with Crippen LogP contribution in [0.3, 0.4) is 0 Å². The zero-order chi connectivity index (χ0) is 27.0. The van der Waals surface area contributed by atoms with Crippen LogP contribution in [-0.4, -0.2) is 30.9 Å². The first-order valence-electron chi connectivity index (χ1n) is 12.5. The van der Waals surface area contributed by atoms with Gasteiger partial charge in [-0.2, -0.15) is 0 Å². The van der Waals surface area contributed by atoms with Crippen LogP contribution < -0.4 is 15.9 Å². The van der Waals surface area contributed by atoms with Crippen LogP contribution in [0.25, 0.3) is 0 Å². The van der Waals surface area contributed by atoms with E-state index in [1.54, 1.807) is 6.92 Å². The average Bonchev–Trinajstić information content (AvgIpc) is 2.98. The molecule has 4 rings (SSSR count). The number of rotatable bonds is 9. The molecule has 0 heterocycles. The van der Waals surface area contributed by atoms with Crippen molar-refractivity contribution in [2.45, 2.75) is 12.8 Å². The van der Waals surface area contributed by atoms with Crippen molar-refractivity contribution in [2.75, 3.05) is 13.7 Å². The number of esters is 2. The summed E-state index contributed by atoms with van der Waals surface area (Å²) in [5.74, 6) is -1.82. The molecule has 0 saturated heterocycles. The zero-order valence-corrected chi connectivity index (χ0v) is 22.5. The Labute approximate surface area is 224 Å². The first-order valence-corrected chi connectivity index (χ1v) is 14.3. The van der Waals surface area contributed by atoms with E-state index in [1.165, 1.54) is 7.11 Å². The highest BCUT2D eigenvalue weighted by molar-refractivity contribution is 7.96. The monoisotopic (exact) mass is 522 g/mol. The summed E-state index contributed by atoms with van der Waals surface area (Å²) in [6.45, 7) is 3.25. The van der Waals surface area contributed by atoms with Gasteiger partial charge in [-0.25, -0.2) is 9.59 Å². The molecule has 1 atom stereocenters. The molecule has 4 nitrogen and oxygen atoms in total. The molecule has 192 valence electrons. The Morgan fingerprint density at radius 1 is 0.684 bits per heavy atom. The minimum atomic E-state index is -2.90. The summed E-state index contributed by atoms with van der Waals surface area (Å²) in [6.07, 6.45) is 0. The van der Waals surface area contributed by atoms with E-state index in [2.05, 4.69) is 43.0 Å². The normalized spacial score (nSPS) is 11.7. The van der Waals surface area contributed by atoms with Gasteiger partial charge in [-0.05, 0) is 35.3 Å². The Morgan fingerprint density at radius 2 is 1.08 bits per heavy atom. The fourth-order valence-electron chi connectivity index (χ4n) is 4.89. The highest BCUT2D eigenvalue weighted by atomic mass is 31.2. The molecular weight excluding hydrogens is 491 g/mol. The summed E-state index contributed by atoms with van der Waals surface area (Å²) >= 11 is 0. The van der Waals surface area contributed by atoms with Crippen LogP contribution in [0.4, 0.5) is 0 Å². The van der Waals surface area contributed by atoms with E-state index in [9.17, 15) is 9.59 Å². The van der Waals surface area contributed by atoms with Gasteiger partial charge in [-0.1, -0.05) is 128 Å². The largest absolute Gasteiger partial charge is 0.466 e. The number of benzene rings is 4. The molecular formula is C33H31O4P. The Bertz CT molecular complexity index is 1340. The summed E-state index contributed by atoms with van der Waals surface area (Å²) in [7, 11) is 1.33. The SMILES string of the molecule is C=C(C(=O)OC)[C@H](C(C(=O)OCC)=P(c1ccccc1)(c1ccccc1)c1ccccc1)c1ccccc1. The summed E-state index contributed by atoms with van der Waals surface area (Å²) in [5.41, 5.74) is 0.937. The lowest BCUT2D eigenvalue weighted by Crippen LogP contribution is -2.38. The van der Waals surface area contributed by atoms with Crippen LogP contribution in [0.2, 0.25) is 0 Å². The van der Waals surface area contributed by atoms with Crippen molar-refractivity contribution in [3.63, 3.8) is 0 Å². The molecule has 4 aromatic carbocycles. The van der Waals surface area contributed by atoms with E-state index < -0.39 is 24.7 Å². The van der Waals surface area contributed by atoms with Crippen molar-refractivity contribution in [1.82, 2.24) is 0 Å². The zero-order valence-electron chi connectivity index (χ0n) is 21.6. The van der Waals surface area contributed by atoms with Crippen molar-refractivity contribution in [2.24, 2.45) is 0 Å². The van der Waals surface area contributed by atoms with Gasteiger partial charge in [-0.3, -0.25) is 0 Å². The summed E-state index contributed by atoms with van der Waals surface area (Å²) in [5, 5.41) is 3.39. The predicted octanol–water partition coefficient (Wildman–Crippen LogP) is 5.23. The van der Waals surface area contributed by atoms with Gasteiger partial charge in [0.2, 0.25) is 0 Å². The molecule has 0 amide bonds. The van der Waals surface area contributed by atoms with Crippen LogP contribution in [0.15, 0.2) is 133 Å². The summed E-state index contributed by atoms with van der Waals surface area (Å²) in [4.78, 5) is 27.4. The third-order valence-electron chi connectivity index (χ3n) is 6.48. The lowest BCUT2D eigenvalue weighted by molar-refractivity contribution is -0.136. The Balaban J connectivity index is 2.33. The van der Waals surface area contributed by atoms with E-state index in [0.717, 1.165) is 21.5 Å². The number of methoxy groups -OCH3 is 1. The maximum absolute atomic E-state index is 14.3. The van der Waals surface area contributed by atoms with Crippen LogP contribution >= 0.6 is 6.89 Å². The van der Waals surface area contributed by atoms with E-state index in [0.29, 0.717) is 5.29 Å². The molecule has 0 radical (unpaired) electrons. The van der Waals surface area contributed by atoms with Crippen molar-refractivity contribution < 1.29 is 19.1 Å². The maximum atomic E-state index is 14.3. The third-order valence-corrected chi connectivity index (χ3v) is 10.9. The third kappa shape index (κ3) is 5.14. The van der Waals surface area contributed by atoms with E-state index in [4.69, 9.17) is 9.47 Å². The minimum Gasteiger partial charge on any atom is -0.466 e. The molecule has 0 aliphatic heterocycles. The lowest BCUT2D eigenvalue weighted by atomic mass is 9.89. The van der Waals surface area contributed by atoms with Crippen molar-refractivity contribution in [3.05, 3.63) is 139 Å². The molecule has 38 heavy (non-hydrogen) atoms. The second-order valence-electron chi connectivity index (χ2n) is 8.64. The Kier molecular flexibility index (Phi) is 8.78. The number of carbonyl (C=O) groups is 2. The Morgan fingerprint density at radius 3 is 1.45 bits per heavy atom. The highest BCUT2D eigenvalue weighted by Crippen LogP contribution is 2.50.